The second kappa shape index (κ2) is 3.60. The molecule has 0 aliphatic carbocycles. The maximum Gasteiger partial charge on any atom is 0.0397 e. The van der Waals surface area contributed by atoms with Gasteiger partial charge in [-0.05, 0) is 25.0 Å². The topological polar surface area (TPSA) is 16.1 Å². The predicted octanol–water partition coefficient (Wildman–Crippen LogP) is 2.24. The minimum Gasteiger partial charge on any atom is -0.371 e. The van der Waals surface area contributed by atoms with Crippen LogP contribution in [0.15, 0.2) is 36.7 Å². The van der Waals surface area contributed by atoms with Crippen LogP contribution in [0.1, 0.15) is 12.8 Å². The van der Waals surface area contributed by atoms with Crippen molar-refractivity contribution >= 4 is 5.69 Å². The first kappa shape index (κ1) is 8.30. The zero-order chi connectivity index (χ0) is 9.10. The van der Waals surface area contributed by atoms with Crippen molar-refractivity contribution in [2.75, 3.05) is 18.0 Å². The number of anilines is 1. The summed E-state index contributed by atoms with van der Waals surface area (Å²) in [4.78, 5) is 6.40. The Kier molecular flexibility index (Phi) is 2.30. The maximum atomic E-state index is 4.01. The van der Waals surface area contributed by atoms with Crippen LogP contribution in [0.3, 0.4) is 0 Å². The van der Waals surface area contributed by atoms with E-state index in [1.54, 1.807) is 0 Å². The van der Waals surface area contributed by atoms with Crippen LogP contribution in [0, 0.1) is 0 Å². The molecule has 1 saturated heterocycles. The van der Waals surface area contributed by atoms with Gasteiger partial charge in [-0.25, -0.2) is 0 Å². The van der Waals surface area contributed by atoms with Gasteiger partial charge in [-0.2, -0.15) is 0 Å². The number of rotatable bonds is 1. The van der Waals surface area contributed by atoms with Gasteiger partial charge in [0, 0.05) is 31.2 Å². The van der Waals surface area contributed by atoms with Crippen LogP contribution in [-0.2, 0) is 0 Å². The van der Waals surface area contributed by atoms with Crippen LogP contribution in [0.25, 0.3) is 0 Å². The summed E-state index contributed by atoms with van der Waals surface area (Å²) in [5, 5.41) is 0. The normalized spacial score (nSPS) is 17.5. The van der Waals surface area contributed by atoms with Crippen LogP contribution in [-0.4, -0.2) is 18.1 Å². The highest BCUT2D eigenvalue weighted by molar-refractivity contribution is 5.45. The van der Waals surface area contributed by atoms with Crippen molar-refractivity contribution < 1.29 is 0 Å². The first-order valence-electron chi connectivity index (χ1n) is 4.68. The third kappa shape index (κ3) is 1.89. The van der Waals surface area contributed by atoms with Gasteiger partial charge in [-0.1, -0.05) is 12.2 Å². The van der Waals surface area contributed by atoms with E-state index in [-0.39, 0.29) is 0 Å². The lowest BCUT2D eigenvalue weighted by molar-refractivity contribution is 0.687. The Hall–Kier alpha value is -1.31. The zero-order valence-electron chi connectivity index (χ0n) is 7.74. The van der Waals surface area contributed by atoms with Crippen molar-refractivity contribution in [3.63, 3.8) is 0 Å². The number of pyridine rings is 1. The molecule has 2 nitrogen and oxygen atoms in total. The Labute approximate surface area is 78.9 Å². The van der Waals surface area contributed by atoms with Gasteiger partial charge < -0.3 is 4.90 Å². The number of hydrogen-bond acceptors (Lipinski definition) is 2. The Morgan fingerprint density at radius 2 is 1.77 bits per heavy atom. The molecular formula is C11H14N2. The lowest BCUT2D eigenvalue weighted by atomic mass is 10.1. The van der Waals surface area contributed by atoms with Crippen molar-refractivity contribution in [3.05, 3.63) is 36.7 Å². The van der Waals surface area contributed by atoms with Crippen LogP contribution < -0.4 is 4.90 Å². The van der Waals surface area contributed by atoms with Crippen molar-refractivity contribution in [3.8, 4) is 0 Å². The van der Waals surface area contributed by atoms with Gasteiger partial charge in [0.2, 0.25) is 0 Å². The quantitative estimate of drug-likeness (QED) is 0.607. The van der Waals surface area contributed by atoms with Crippen LogP contribution >= 0.6 is 0 Å². The average Bonchev–Trinajstić information content (AvgIpc) is 2.20. The van der Waals surface area contributed by atoms with Gasteiger partial charge in [0.05, 0.1) is 0 Å². The minimum absolute atomic E-state index is 1.10. The van der Waals surface area contributed by atoms with Gasteiger partial charge in [-0.15, -0.1) is 0 Å². The molecule has 2 heteroatoms. The van der Waals surface area contributed by atoms with Crippen LogP contribution in [0.4, 0.5) is 5.69 Å². The molecule has 1 aliphatic rings. The molecule has 0 spiro atoms. The highest BCUT2D eigenvalue weighted by Crippen LogP contribution is 2.20. The van der Waals surface area contributed by atoms with Gasteiger partial charge in [0.25, 0.3) is 0 Å². The molecule has 0 N–H and O–H groups in total. The second-order valence-electron chi connectivity index (χ2n) is 3.44. The summed E-state index contributed by atoms with van der Waals surface area (Å²) >= 11 is 0. The van der Waals surface area contributed by atoms with Crippen molar-refractivity contribution in [1.82, 2.24) is 4.98 Å². The summed E-state index contributed by atoms with van der Waals surface area (Å²) in [6, 6.07) is 4.13. The molecule has 0 atom stereocenters. The molecule has 1 fully saturated rings. The molecule has 0 unspecified atom stereocenters. The monoisotopic (exact) mass is 174 g/mol. The zero-order valence-corrected chi connectivity index (χ0v) is 7.74. The fraction of sp³-hybridized carbons (Fsp3) is 0.364. The molecule has 2 heterocycles. The molecular weight excluding hydrogens is 160 g/mol. The molecule has 1 aliphatic heterocycles. The van der Waals surface area contributed by atoms with E-state index in [1.807, 2.05) is 12.4 Å². The SMILES string of the molecule is C=C1CCN(c2ccncc2)CC1. The maximum absolute atomic E-state index is 4.01. The first-order valence-corrected chi connectivity index (χ1v) is 4.68. The van der Waals surface area contributed by atoms with E-state index < -0.39 is 0 Å². The lowest BCUT2D eigenvalue weighted by Gasteiger charge is -2.29. The average molecular weight is 174 g/mol. The molecule has 68 valence electrons. The summed E-state index contributed by atoms with van der Waals surface area (Å²) in [5.41, 5.74) is 2.66. The van der Waals surface area contributed by atoms with Gasteiger partial charge >= 0.3 is 0 Å². The van der Waals surface area contributed by atoms with E-state index >= 15 is 0 Å². The largest absolute Gasteiger partial charge is 0.371 e. The van der Waals surface area contributed by atoms with E-state index in [0.717, 1.165) is 25.9 Å². The Morgan fingerprint density at radius 3 is 2.38 bits per heavy atom. The number of nitrogens with zero attached hydrogens (tertiary/aromatic N) is 2. The third-order valence-electron chi connectivity index (χ3n) is 2.50. The van der Waals surface area contributed by atoms with Crippen molar-refractivity contribution in [1.29, 1.82) is 0 Å². The fourth-order valence-corrected chi connectivity index (χ4v) is 1.64. The molecule has 1 aromatic heterocycles. The van der Waals surface area contributed by atoms with E-state index in [1.165, 1.54) is 11.3 Å². The fourth-order valence-electron chi connectivity index (χ4n) is 1.64. The van der Waals surface area contributed by atoms with Crippen LogP contribution in [0.2, 0.25) is 0 Å². The molecule has 0 radical (unpaired) electrons. The first-order chi connectivity index (χ1) is 6.36. The van der Waals surface area contributed by atoms with Gasteiger partial charge in [-0.3, -0.25) is 4.98 Å². The van der Waals surface area contributed by atoms with Gasteiger partial charge in [0.15, 0.2) is 0 Å². The molecule has 2 rings (SSSR count). The highest BCUT2D eigenvalue weighted by Gasteiger charge is 2.12. The summed E-state index contributed by atoms with van der Waals surface area (Å²) in [6.45, 7) is 6.20. The number of piperidine rings is 1. The summed E-state index contributed by atoms with van der Waals surface area (Å²) in [7, 11) is 0. The van der Waals surface area contributed by atoms with E-state index in [0.29, 0.717) is 0 Å². The molecule has 0 aromatic carbocycles. The molecule has 0 amide bonds. The minimum atomic E-state index is 1.10. The lowest BCUT2D eigenvalue weighted by Crippen LogP contribution is -2.30. The van der Waals surface area contributed by atoms with E-state index in [4.69, 9.17) is 0 Å². The Morgan fingerprint density at radius 1 is 1.15 bits per heavy atom. The standard InChI is InChI=1S/C11H14N2/c1-10-4-8-13(9-5-10)11-2-6-12-7-3-11/h2-3,6-7H,1,4-5,8-9H2. The Bertz CT molecular complexity index is 282. The Balaban J connectivity index is 2.07. The highest BCUT2D eigenvalue weighted by atomic mass is 15.1. The summed E-state index contributed by atoms with van der Waals surface area (Å²) in [5.74, 6) is 0. The third-order valence-corrected chi connectivity index (χ3v) is 2.50. The summed E-state index contributed by atoms with van der Waals surface area (Å²) < 4.78 is 0. The molecule has 13 heavy (non-hydrogen) atoms. The second-order valence-corrected chi connectivity index (χ2v) is 3.44. The number of aromatic nitrogens is 1. The molecule has 0 bridgehead atoms. The van der Waals surface area contributed by atoms with E-state index in [2.05, 4.69) is 28.6 Å². The smallest absolute Gasteiger partial charge is 0.0397 e. The summed E-state index contributed by atoms with van der Waals surface area (Å²) in [6.07, 6.45) is 5.95. The van der Waals surface area contributed by atoms with Gasteiger partial charge in [0.1, 0.15) is 0 Å². The predicted molar refractivity (Wildman–Crippen MR) is 54.8 cm³/mol. The van der Waals surface area contributed by atoms with Crippen LogP contribution in [0.5, 0.6) is 0 Å². The number of hydrogen-bond donors (Lipinski definition) is 0. The van der Waals surface area contributed by atoms with Crippen molar-refractivity contribution in [2.24, 2.45) is 0 Å². The molecule has 0 saturated carbocycles. The van der Waals surface area contributed by atoms with E-state index in [9.17, 15) is 0 Å². The molecule has 1 aromatic rings. The van der Waals surface area contributed by atoms with Crippen molar-refractivity contribution in [2.45, 2.75) is 12.8 Å².